The quantitative estimate of drug-likeness (QED) is 0.363. The molecule has 0 rings (SSSR count). The number of ether oxygens (including phenoxy) is 2. The molecule has 0 aromatic carbocycles. The van der Waals surface area contributed by atoms with Crippen molar-refractivity contribution in [1.82, 2.24) is 0 Å². The Morgan fingerprint density at radius 2 is 1.52 bits per heavy atom. The van der Waals surface area contributed by atoms with Crippen LogP contribution in [-0.2, 0) is 19.1 Å². The van der Waals surface area contributed by atoms with Crippen LogP contribution in [0.1, 0.15) is 59.8 Å². The first-order chi connectivity index (χ1) is 9.90. The predicted molar refractivity (Wildman–Crippen MR) is 86.0 cm³/mol. The van der Waals surface area contributed by atoms with E-state index in [1.807, 2.05) is 6.92 Å². The summed E-state index contributed by atoms with van der Waals surface area (Å²) in [5, 5.41) is 0. The van der Waals surface area contributed by atoms with E-state index >= 15 is 0 Å². The van der Waals surface area contributed by atoms with Gasteiger partial charge in [-0.15, -0.1) is 0 Å². The van der Waals surface area contributed by atoms with E-state index in [0.717, 1.165) is 12.8 Å². The molecule has 0 saturated heterocycles. The first-order valence-electron chi connectivity index (χ1n) is 7.58. The zero-order valence-electron chi connectivity index (χ0n) is 14.0. The van der Waals surface area contributed by atoms with Crippen molar-refractivity contribution < 1.29 is 19.1 Å². The van der Waals surface area contributed by atoms with Gasteiger partial charge in [0.2, 0.25) is 0 Å². The average molecular weight is 298 g/mol. The average Bonchev–Trinajstić information content (AvgIpc) is 2.46. The topological polar surface area (TPSA) is 52.6 Å². The van der Waals surface area contributed by atoms with Gasteiger partial charge < -0.3 is 9.47 Å². The molecule has 0 unspecified atom stereocenters. The van der Waals surface area contributed by atoms with Crippen LogP contribution in [0.4, 0.5) is 0 Å². The molecule has 0 aliphatic rings. The van der Waals surface area contributed by atoms with Crippen molar-refractivity contribution in [2.45, 2.75) is 59.8 Å². The minimum atomic E-state index is -0.312. The first kappa shape index (κ1) is 21.7. The summed E-state index contributed by atoms with van der Waals surface area (Å²) in [5.74, 6) is -0.550. The highest BCUT2D eigenvalue weighted by atomic mass is 16.5. The van der Waals surface area contributed by atoms with Crippen molar-refractivity contribution in [2.24, 2.45) is 0 Å². The van der Waals surface area contributed by atoms with Gasteiger partial charge in [-0.05, 0) is 26.7 Å². The molecule has 122 valence electrons. The molecule has 0 heterocycles. The second-order valence-electron chi connectivity index (χ2n) is 4.65. The van der Waals surface area contributed by atoms with Crippen molar-refractivity contribution in [3.05, 3.63) is 24.3 Å². The Kier molecular flexibility index (Phi) is 15.3. The van der Waals surface area contributed by atoms with Crippen molar-refractivity contribution in [3.63, 3.8) is 0 Å². The number of hydrogen-bond donors (Lipinski definition) is 0. The van der Waals surface area contributed by atoms with Crippen LogP contribution in [0.2, 0.25) is 0 Å². The number of esters is 2. The smallest absolute Gasteiger partial charge is 0.333 e. The number of carbonyl (C=O) groups excluding carboxylic acids is 2. The Morgan fingerprint density at radius 1 is 0.905 bits per heavy atom. The second-order valence-corrected chi connectivity index (χ2v) is 4.65. The number of unbranched alkanes of at least 4 members (excludes halogenated alkanes) is 3. The minimum absolute atomic E-state index is 0.237. The van der Waals surface area contributed by atoms with Gasteiger partial charge in [-0.3, -0.25) is 0 Å². The Balaban J connectivity index is 0. The SMILES string of the molecule is C=C(C)C(=O)OCC.C=C(CC)C(=O)OCCCCCC. The molecule has 0 aromatic heterocycles. The summed E-state index contributed by atoms with van der Waals surface area (Å²) >= 11 is 0. The van der Waals surface area contributed by atoms with Crippen LogP contribution in [-0.4, -0.2) is 25.2 Å². The summed E-state index contributed by atoms with van der Waals surface area (Å²) in [4.78, 5) is 21.5. The summed E-state index contributed by atoms with van der Waals surface area (Å²) in [7, 11) is 0. The maximum Gasteiger partial charge on any atom is 0.333 e. The third kappa shape index (κ3) is 14.6. The van der Waals surface area contributed by atoms with E-state index in [-0.39, 0.29) is 11.9 Å². The van der Waals surface area contributed by atoms with E-state index < -0.39 is 0 Å². The number of rotatable bonds is 9. The Hall–Kier alpha value is -1.58. The van der Waals surface area contributed by atoms with E-state index in [4.69, 9.17) is 4.74 Å². The van der Waals surface area contributed by atoms with E-state index in [1.165, 1.54) is 12.8 Å². The fourth-order valence-electron chi connectivity index (χ4n) is 1.19. The van der Waals surface area contributed by atoms with Crippen LogP contribution >= 0.6 is 0 Å². The molecule has 0 aliphatic heterocycles. The van der Waals surface area contributed by atoms with Gasteiger partial charge in [-0.2, -0.15) is 0 Å². The van der Waals surface area contributed by atoms with E-state index in [0.29, 0.717) is 30.8 Å². The lowest BCUT2D eigenvalue weighted by molar-refractivity contribution is -0.139. The molecule has 4 heteroatoms. The zero-order valence-corrected chi connectivity index (χ0v) is 14.0. The highest BCUT2D eigenvalue weighted by Gasteiger charge is 2.04. The predicted octanol–water partition coefficient (Wildman–Crippen LogP) is 4.20. The van der Waals surface area contributed by atoms with Gasteiger partial charge in [-0.1, -0.05) is 46.3 Å². The molecular formula is C17H30O4. The maximum atomic E-state index is 11.1. The molecule has 0 bridgehead atoms. The second kappa shape index (κ2) is 14.8. The zero-order chi connectivity index (χ0) is 16.7. The first-order valence-corrected chi connectivity index (χ1v) is 7.58. The molecule has 0 aliphatic carbocycles. The van der Waals surface area contributed by atoms with Gasteiger partial charge in [0.1, 0.15) is 0 Å². The lowest BCUT2D eigenvalue weighted by Crippen LogP contribution is -2.07. The molecule has 0 aromatic rings. The molecule has 0 fully saturated rings. The summed E-state index contributed by atoms with van der Waals surface area (Å²) in [6, 6.07) is 0. The summed E-state index contributed by atoms with van der Waals surface area (Å²) in [6.07, 6.45) is 5.20. The van der Waals surface area contributed by atoms with Crippen LogP contribution < -0.4 is 0 Å². The van der Waals surface area contributed by atoms with Crippen LogP contribution in [0, 0.1) is 0 Å². The minimum Gasteiger partial charge on any atom is -0.463 e. The molecule has 0 atom stereocenters. The Bertz CT molecular complexity index is 332. The van der Waals surface area contributed by atoms with Crippen molar-refractivity contribution in [3.8, 4) is 0 Å². The molecular weight excluding hydrogens is 268 g/mol. The molecule has 0 amide bonds. The van der Waals surface area contributed by atoms with Crippen molar-refractivity contribution >= 4 is 11.9 Å². The van der Waals surface area contributed by atoms with Crippen LogP contribution in [0.3, 0.4) is 0 Å². The summed E-state index contributed by atoms with van der Waals surface area (Å²) in [6.45, 7) is 15.4. The summed E-state index contributed by atoms with van der Waals surface area (Å²) in [5.41, 5.74) is 1.02. The van der Waals surface area contributed by atoms with Gasteiger partial charge in [-0.25, -0.2) is 9.59 Å². The highest BCUT2D eigenvalue weighted by Crippen LogP contribution is 2.03. The van der Waals surface area contributed by atoms with E-state index in [2.05, 4.69) is 24.8 Å². The van der Waals surface area contributed by atoms with Gasteiger partial charge in [0.25, 0.3) is 0 Å². The van der Waals surface area contributed by atoms with Crippen LogP contribution in [0.15, 0.2) is 24.3 Å². The van der Waals surface area contributed by atoms with E-state index in [1.54, 1.807) is 13.8 Å². The number of hydrogen-bond acceptors (Lipinski definition) is 4. The standard InChI is InChI=1S/C11H20O2.C6H10O2/c1-4-6-7-8-9-13-11(12)10(3)5-2;1-4-8-6(7)5(2)3/h3-9H2,1-2H3;2,4H2,1,3H3. The monoisotopic (exact) mass is 298 g/mol. The molecule has 4 nitrogen and oxygen atoms in total. The summed E-state index contributed by atoms with van der Waals surface area (Å²) < 4.78 is 9.57. The van der Waals surface area contributed by atoms with Gasteiger partial charge in [0.15, 0.2) is 0 Å². The maximum absolute atomic E-state index is 11.1. The van der Waals surface area contributed by atoms with Gasteiger partial charge >= 0.3 is 11.9 Å². The lowest BCUT2D eigenvalue weighted by atomic mass is 10.2. The highest BCUT2D eigenvalue weighted by molar-refractivity contribution is 5.87. The molecule has 21 heavy (non-hydrogen) atoms. The van der Waals surface area contributed by atoms with Gasteiger partial charge in [0, 0.05) is 11.1 Å². The van der Waals surface area contributed by atoms with Crippen LogP contribution in [0.25, 0.3) is 0 Å². The van der Waals surface area contributed by atoms with Crippen LogP contribution in [0.5, 0.6) is 0 Å². The molecule has 0 radical (unpaired) electrons. The largest absolute Gasteiger partial charge is 0.463 e. The lowest BCUT2D eigenvalue weighted by Gasteiger charge is -2.04. The van der Waals surface area contributed by atoms with Crippen molar-refractivity contribution in [2.75, 3.05) is 13.2 Å². The third-order valence-corrected chi connectivity index (χ3v) is 2.57. The molecule has 0 spiro atoms. The fraction of sp³-hybridized carbons (Fsp3) is 0.647. The third-order valence-electron chi connectivity index (χ3n) is 2.57. The van der Waals surface area contributed by atoms with Crippen molar-refractivity contribution in [1.29, 1.82) is 0 Å². The Morgan fingerprint density at radius 3 is 1.90 bits per heavy atom. The molecule has 0 N–H and O–H groups in total. The fourth-order valence-corrected chi connectivity index (χ4v) is 1.19. The normalized spacial score (nSPS) is 9.14. The van der Waals surface area contributed by atoms with E-state index in [9.17, 15) is 9.59 Å². The van der Waals surface area contributed by atoms with Gasteiger partial charge in [0.05, 0.1) is 13.2 Å². The number of carbonyl (C=O) groups is 2. The molecule has 0 saturated carbocycles. The Labute approximate surface area is 129 Å².